The second-order valence-electron chi connectivity index (χ2n) is 8.75. The lowest BCUT2D eigenvalue weighted by Crippen LogP contribution is -2.46. The molecule has 0 bridgehead atoms. The predicted octanol–water partition coefficient (Wildman–Crippen LogP) is 3.48. The number of aliphatic hydroxyl groups is 1. The molecule has 1 aromatic rings. The standard InChI is InChI=1S/C23H35N3O3/c1-2-24-22(26-18-7-9-19(27)10-8-18)25-15-23(12-4-3-5-13-23)17-6-11-20-21(14-17)29-16-28-20/h6,11,14,18-19,27H,2-5,7-10,12-13,15-16H2,1H3,(H2,24,25,26). The smallest absolute Gasteiger partial charge is 0.231 e. The van der Waals surface area contributed by atoms with E-state index >= 15 is 0 Å². The number of aliphatic imine (C=N–C) groups is 1. The molecule has 3 N–H and O–H groups in total. The minimum absolute atomic E-state index is 0.0599. The number of nitrogens with zero attached hydrogens (tertiary/aromatic N) is 1. The summed E-state index contributed by atoms with van der Waals surface area (Å²) in [4.78, 5) is 5.05. The van der Waals surface area contributed by atoms with E-state index in [0.29, 0.717) is 12.8 Å². The van der Waals surface area contributed by atoms with Crippen molar-refractivity contribution >= 4 is 5.96 Å². The van der Waals surface area contributed by atoms with Crippen LogP contribution >= 0.6 is 0 Å². The molecular formula is C23H35N3O3. The van der Waals surface area contributed by atoms with Gasteiger partial charge >= 0.3 is 0 Å². The van der Waals surface area contributed by atoms with Crippen molar-refractivity contribution in [1.29, 1.82) is 0 Å². The van der Waals surface area contributed by atoms with Crippen LogP contribution in [0.5, 0.6) is 11.5 Å². The van der Waals surface area contributed by atoms with Crippen LogP contribution in [-0.4, -0.2) is 43.1 Å². The third kappa shape index (κ3) is 4.80. The number of nitrogens with one attached hydrogen (secondary N) is 2. The second kappa shape index (κ2) is 9.24. The molecule has 0 amide bonds. The Kier molecular flexibility index (Phi) is 6.48. The fourth-order valence-corrected chi connectivity index (χ4v) is 4.96. The normalized spacial score (nSPS) is 26.2. The summed E-state index contributed by atoms with van der Waals surface area (Å²) in [5, 5.41) is 16.8. The quantitative estimate of drug-likeness (QED) is 0.520. The zero-order valence-corrected chi connectivity index (χ0v) is 17.6. The van der Waals surface area contributed by atoms with E-state index in [9.17, 15) is 5.11 Å². The molecule has 0 unspecified atom stereocenters. The molecule has 0 aromatic heterocycles. The Bertz CT molecular complexity index is 707. The van der Waals surface area contributed by atoms with Gasteiger partial charge in [-0.1, -0.05) is 25.3 Å². The largest absolute Gasteiger partial charge is 0.454 e. The van der Waals surface area contributed by atoms with Crippen molar-refractivity contribution in [2.24, 2.45) is 4.99 Å². The van der Waals surface area contributed by atoms with Crippen LogP contribution in [0.1, 0.15) is 70.3 Å². The van der Waals surface area contributed by atoms with Crippen LogP contribution in [0.4, 0.5) is 0 Å². The fourth-order valence-electron chi connectivity index (χ4n) is 4.96. The maximum atomic E-state index is 9.77. The molecule has 1 aromatic carbocycles. The van der Waals surface area contributed by atoms with Crippen molar-refractivity contribution in [2.45, 2.75) is 82.3 Å². The minimum Gasteiger partial charge on any atom is -0.454 e. The third-order valence-electron chi connectivity index (χ3n) is 6.72. The molecule has 0 radical (unpaired) electrons. The van der Waals surface area contributed by atoms with Crippen LogP contribution in [0, 0.1) is 0 Å². The summed E-state index contributed by atoms with van der Waals surface area (Å²) in [7, 11) is 0. The molecule has 6 heteroatoms. The second-order valence-corrected chi connectivity index (χ2v) is 8.75. The lowest BCUT2D eigenvalue weighted by molar-refractivity contribution is 0.120. The first-order valence-corrected chi connectivity index (χ1v) is 11.3. The monoisotopic (exact) mass is 401 g/mol. The van der Waals surface area contributed by atoms with E-state index in [1.54, 1.807) is 0 Å². The zero-order chi connectivity index (χ0) is 20.1. The summed E-state index contributed by atoms with van der Waals surface area (Å²) in [6, 6.07) is 6.82. The highest BCUT2D eigenvalue weighted by Crippen LogP contribution is 2.43. The van der Waals surface area contributed by atoms with Crippen LogP contribution in [0.3, 0.4) is 0 Å². The van der Waals surface area contributed by atoms with E-state index in [0.717, 1.165) is 69.1 Å². The van der Waals surface area contributed by atoms with Gasteiger partial charge in [0, 0.05) is 18.0 Å². The Labute approximate surface area is 174 Å². The molecule has 0 saturated heterocycles. The highest BCUT2D eigenvalue weighted by Gasteiger charge is 2.35. The van der Waals surface area contributed by atoms with Crippen LogP contribution < -0.4 is 20.1 Å². The van der Waals surface area contributed by atoms with Gasteiger partial charge in [0.1, 0.15) is 0 Å². The van der Waals surface area contributed by atoms with Crippen LogP contribution in [0.2, 0.25) is 0 Å². The van der Waals surface area contributed by atoms with Gasteiger partial charge in [-0.05, 0) is 63.1 Å². The third-order valence-corrected chi connectivity index (χ3v) is 6.72. The van der Waals surface area contributed by atoms with Gasteiger partial charge in [-0.3, -0.25) is 4.99 Å². The summed E-state index contributed by atoms with van der Waals surface area (Å²) in [5.41, 5.74) is 1.38. The van der Waals surface area contributed by atoms with Crippen molar-refractivity contribution in [3.8, 4) is 11.5 Å². The number of ether oxygens (including phenoxy) is 2. The van der Waals surface area contributed by atoms with E-state index in [-0.39, 0.29) is 11.5 Å². The molecule has 1 heterocycles. The van der Waals surface area contributed by atoms with Gasteiger partial charge in [-0.15, -0.1) is 0 Å². The SMILES string of the molecule is CCNC(=NCC1(c2ccc3c(c2)OCO3)CCCCC1)NC1CCC(O)CC1. The molecule has 4 rings (SSSR count). The lowest BCUT2D eigenvalue weighted by atomic mass is 9.69. The maximum absolute atomic E-state index is 9.77. The Morgan fingerprint density at radius 2 is 1.86 bits per heavy atom. The Hall–Kier alpha value is -1.95. The molecule has 6 nitrogen and oxygen atoms in total. The molecule has 0 atom stereocenters. The number of aliphatic hydroxyl groups excluding tert-OH is 1. The lowest BCUT2D eigenvalue weighted by Gasteiger charge is -2.37. The molecule has 1 aliphatic heterocycles. The molecule has 2 saturated carbocycles. The Morgan fingerprint density at radius 3 is 2.62 bits per heavy atom. The Balaban J connectivity index is 1.51. The molecule has 2 aliphatic carbocycles. The van der Waals surface area contributed by atoms with Crippen molar-refractivity contribution < 1.29 is 14.6 Å². The zero-order valence-electron chi connectivity index (χ0n) is 17.6. The van der Waals surface area contributed by atoms with Gasteiger partial charge in [-0.2, -0.15) is 0 Å². The van der Waals surface area contributed by atoms with Gasteiger partial charge in [-0.25, -0.2) is 0 Å². The maximum Gasteiger partial charge on any atom is 0.231 e. The van der Waals surface area contributed by atoms with Gasteiger partial charge in [0.25, 0.3) is 0 Å². The average Bonchev–Trinajstić information content (AvgIpc) is 3.22. The summed E-state index contributed by atoms with van der Waals surface area (Å²) in [5.74, 6) is 2.61. The number of fused-ring (bicyclic) bond motifs is 1. The topological polar surface area (TPSA) is 75.1 Å². The van der Waals surface area contributed by atoms with E-state index < -0.39 is 0 Å². The fraction of sp³-hybridized carbons (Fsp3) is 0.696. The molecular weight excluding hydrogens is 366 g/mol. The summed E-state index contributed by atoms with van der Waals surface area (Å²) in [6.07, 6.45) is 9.72. The highest BCUT2D eigenvalue weighted by molar-refractivity contribution is 5.80. The number of hydrogen-bond donors (Lipinski definition) is 3. The molecule has 160 valence electrons. The first kappa shape index (κ1) is 20.3. The van der Waals surface area contributed by atoms with Crippen molar-refractivity contribution in [3.63, 3.8) is 0 Å². The van der Waals surface area contributed by atoms with Crippen molar-refractivity contribution in [1.82, 2.24) is 10.6 Å². The van der Waals surface area contributed by atoms with Crippen molar-refractivity contribution in [2.75, 3.05) is 19.9 Å². The number of hydrogen-bond acceptors (Lipinski definition) is 4. The van der Waals surface area contributed by atoms with Gasteiger partial charge in [0.2, 0.25) is 6.79 Å². The molecule has 2 fully saturated rings. The number of benzene rings is 1. The highest BCUT2D eigenvalue weighted by atomic mass is 16.7. The first-order valence-electron chi connectivity index (χ1n) is 11.3. The van der Waals surface area contributed by atoms with Crippen LogP contribution in [0.15, 0.2) is 23.2 Å². The Morgan fingerprint density at radius 1 is 1.10 bits per heavy atom. The summed E-state index contributed by atoms with van der Waals surface area (Å²) < 4.78 is 11.2. The van der Waals surface area contributed by atoms with Crippen molar-refractivity contribution in [3.05, 3.63) is 23.8 Å². The van der Waals surface area contributed by atoms with Crippen LogP contribution in [0.25, 0.3) is 0 Å². The van der Waals surface area contributed by atoms with E-state index in [1.165, 1.54) is 24.8 Å². The first-order chi connectivity index (χ1) is 14.2. The average molecular weight is 402 g/mol. The summed E-state index contributed by atoms with van der Waals surface area (Å²) in [6.45, 7) is 4.04. The molecule has 29 heavy (non-hydrogen) atoms. The number of guanidine groups is 1. The van der Waals surface area contributed by atoms with E-state index in [4.69, 9.17) is 14.5 Å². The van der Waals surface area contributed by atoms with Gasteiger partial charge in [0.05, 0.1) is 12.6 Å². The van der Waals surface area contributed by atoms with Gasteiger partial charge in [0.15, 0.2) is 17.5 Å². The molecule has 3 aliphatic rings. The predicted molar refractivity (Wildman–Crippen MR) is 115 cm³/mol. The van der Waals surface area contributed by atoms with Crippen LogP contribution in [-0.2, 0) is 5.41 Å². The van der Waals surface area contributed by atoms with E-state index in [2.05, 4.69) is 35.8 Å². The van der Waals surface area contributed by atoms with Gasteiger partial charge < -0.3 is 25.2 Å². The summed E-state index contributed by atoms with van der Waals surface area (Å²) >= 11 is 0. The number of rotatable bonds is 5. The minimum atomic E-state index is -0.135. The molecule has 0 spiro atoms. The van der Waals surface area contributed by atoms with E-state index in [1.807, 2.05) is 0 Å².